The molecule has 148 valence electrons. The second kappa shape index (κ2) is 9.02. The molecular weight excluding hydrogens is 468 g/mol. The Balaban J connectivity index is 0.00000171. The average Bonchev–Trinajstić information content (AvgIpc) is 2.90. The van der Waals surface area contributed by atoms with E-state index in [0.717, 1.165) is 6.07 Å². The summed E-state index contributed by atoms with van der Waals surface area (Å²) in [6, 6.07) is 10.0. The van der Waals surface area contributed by atoms with Gasteiger partial charge in [-0.1, -0.05) is 30.3 Å². The van der Waals surface area contributed by atoms with Gasteiger partial charge in [-0.3, -0.25) is 4.79 Å². The third kappa shape index (κ3) is 4.67. The molecule has 0 unspecified atom stereocenters. The smallest absolute Gasteiger partial charge is 0.744 e. The van der Waals surface area contributed by atoms with E-state index in [1.165, 1.54) is 24.3 Å². The van der Waals surface area contributed by atoms with Gasteiger partial charge in [-0.2, -0.15) is 0 Å². The van der Waals surface area contributed by atoms with E-state index in [-0.39, 0.29) is 92.7 Å². The van der Waals surface area contributed by atoms with Crippen LogP contribution in [-0.4, -0.2) is 41.8 Å². The summed E-state index contributed by atoms with van der Waals surface area (Å²) < 4.78 is 68.8. The Hall–Kier alpha value is -1.12. The second-order valence-corrected chi connectivity index (χ2v) is 8.92. The van der Waals surface area contributed by atoms with Crippen LogP contribution in [0.4, 0.5) is 0 Å². The summed E-state index contributed by atoms with van der Waals surface area (Å²) >= 11 is 0. The molecular formula is C18H9NNa2O8S2. The van der Waals surface area contributed by atoms with Crippen molar-refractivity contribution in [2.24, 2.45) is 0 Å². The van der Waals surface area contributed by atoms with Crippen molar-refractivity contribution in [2.75, 3.05) is 0 Å². The number of Topliss-reactive ketones (excluding diaryl/α,β-unsaturated/α-hetero) is 1. The van der Waals surface area contributed by atoms with Crippen molar-refractivity contribution < 1.29 is 95.0 Å². The number of carbonyl (C=O) groups excluding carboxylic acids is 1. The first kappa shape index (κ1) is 26.1. The Morgan fingerprint density at radius 3 is 2.00 bits per heavy atom. The van der Waals surface area contributed by atoms with Crippen LogP contribution in [0.15, 0.2) is 58.3 Å². The zero-order valence-corrected chi connectivity index (χ0v) is 21.8. The summed E-state index contributed by atoms with van der Waals surface area (Å²) in [5.41, 5.74) is -0.221. The third-order valence-corrected chi connectivity index (χ3v) is 6.10. The van der Waals surface area contributed by atoms with Crippen LogP contribution in [0.5, 0.6) is 0 Å². The van der Waals surface area contributed by atoms with Crippen LogP contribution >= 0.6 is 0 Å². The Morgan fingerprint density at radius 1 is 0.839 bits per heavy atom. The van der Waals surface area contributed by atoms with Crippen molar-refractivity contribution >= 4 is 48.3 Å². The number of nitrogens with zero attached hydrogens (tertiary/aromatic N) is 1. The molecule has 31 heavy (non-hydrogen) atoms. The van der Waals surface area contributed by atoms with Crippen LogP contribution < -0.4 is 59.1 Å². The number of aliphatic hydroxyl groups excluding tert-OH is 1. The van der Waals surface area contributed by atoms with Crippen molar-refractivity contribution in [3.8, 4) is 0 Å². The van der Waals surface area contributed by atoms with Crippen LogP contribution in [0.2, 0.25) is 0 Å². The van der Waals surface area contributed by atoms with Gasteiger partial charge in [0.15, 0.2) is 5.78 Å². The van der Waals surface area contributed by atoms with Crippen molar-refractivity contribution in [1.82, 2.24) is 4.98 Å². The number of aromatic nitrogens is 1. The second-order valence-electron chi connectivity index (χ2n) is 6.20. The number of carbonyl (C=O) groups is 1. The molecule has 13 heteroatoms. The van der Waals surface area contributed by atoms with E-state index in [9.17, 15) is 35.8 Å². The molecule has 0 bridgehead atoms. The molecule has 1 aliphatic rings. The van der Waals surface area contributed by atoms with Crippen molar-refractivity contribution in [3.05, 3.63) is 65.4 Å². The van der Waals surface area contributed by atoms with Crippen molar-refractivity contribution in [1.29, 1.82) is 0 Å². The molecule has 2 aromatic carbocycles. The van der Waals surface area contributed by atoms with E-state index >= 15 is 0 Å². The van der Waals surface area contributed by atoms with Crippen molar-refractivity contribution in [2.45, 2.75) is 9.79 Å². The number of allylic oxidation sites excluding steroid dienone is 1. The Morgan fingerprint density at radius 2 is 1.45 bits per heavy atom. The maximum Gasteiger partial charge on any atom is 1.00 e. The molecule has 3 aromatic rings. The van der Waals surface area contributed by atoms with E-state index in [0.29, 0.717) is 6.07 Å². The third-order valence-electron chi connectivity index (χ3n) is 4.44. The van der Waals surface area contributed by atoms with Gasteiger partial charge in [-0.05, 0) is 18.2 Å². The molecule has 9 nitrogen and oxygen atoms in total. The van der Waals surface area contributed by atoms with Gasteiger partial charge >= 0.3 is 59.1 Å². The summed E-state index contributed by atoms with van der Waals surface area (Å²) in [6.07, 6.45) is 0. The molecule has 0 radical (unpaired) electrons. The predicted octanol–water partition coefficient (Wildman–Crippen LogP) is -4.33. The van der Waals surface area contributed by atoms with Crippen LogP contribution in [0.1, 0.15) is 21.6 Å². The Labute approximate surface area is 221 Å². The number of pyridine rings is 1. The van der Waals surface area contributed by atoms with Crippen LogP contribution in [0.25, 0.3) is 22.2 Å². The standard InChI is InChI=1S/C18H11NO8S2.2Na/c20-17-11-3-1-2-4-12(11)18(21)15(17)13-6-5-9-7-10(28(22,23)24)8-14(16(9)19-13)29(25,26)27;;/h1-8,20H,(H,22,23,24)(H,25,26,27);;/q;2*+1/p-2. The van der Waals surface area contributed by atoms with Gasteiger partial charge in [0, 0.05) is 16.5 Å². The van der Waals surface area contributed by atoms with Crippen molar-refractivity contribution in [3.63, 3.8) is 0 Å². The van der Waals surface area contributed by atoms with Gasteiger partial charge in [-0.25, -0.2) is 21.8 Å². The van der Waals surface area contributed by atoms with Gasteiger partial charge in [-0.15, -0.1) is 0 Å². The first-order chi connectivity index (χ1) is 13.5. The number of fused-ring (bicyclic) bond motifs is 2. The minimum Gasteiger partial charge on any atom is -0.744 e. The van der Waals surface area contributed by atoms with Gasteiger partial charge in [0.2, 0.25) is 0 Å². The topological polar surface area (TPSA) is 165 Å². The molecule has 0 fully saturated rings. The first-order valence-corrected chi connectivity index (χ1v) is 10.7. The molecule has 0 atom stereocenters. The molecule has 0 saturated heterocycles. The largest absolute Gasteiger partial charge is 1.00 e. The normalized spacial score (nSPS) is 13.5. The summed E-state index contributed by atoms with van der Waals surface area (Å²) in [7, 11) is -10.3. The van der Waals surface area contributed by atoms with Gasteiger partial charge in [0.25, 0.3) is 0 Å². The minimum atomic E-state index is -5.21. The molecule has 1 aromatic heterocycles. The first-order valence-electron chi connectivity index (χ1n) is 7.93. The van der Waals surface area contributed by atoms with Crippen LogP contribution in [0, 0.1) is 0 Å². The summed E-state index contributed by atoms with van der Waals surface area (Å²) in [6.45, 7) is 0. The SMILES string of the molecule is O=C1C(c2ccc3cc(S(=O)(=O)[O-])cc(S(=O)(=O)[O-])c3n2)=C(O)c2ccccc21.[Na+].[Na+]. The number of rotatable bonds is 3. The summed E-state index contributed by atoms with van der Waals surface area (Å²) in [4.78, 5) is 14.7. The van der Waals surface area contributed by atoms with E-state index < -0.39 is 41.3 Å². The molecule has 4 rings (SSSR count). The Bertz CT molecular complexity index is 1480. The van der Waals surface area contributed by atoms with E-state index in [1.807, 2.05) is 0 Å². The van der Waals surface area contributed by atoms with Gasteiger partial charge in [0.05, 0.1) is 26.6 Å². The number of benzene rings is 2. The monoisotopic (exact) mass is 477 g/mol. The van der Waals surface area contributed by atoms with Crippen LogP contribution in [-0.2, 0) is 20.2 Å². The summed E-state index contributed by atoms with van der Waals surface area (Å²) in [5.74, 6) is -0.905. The van der Waals surface area contributed by atoms with E-state index in [1.54, 1.807) is 12.1 Å². The fourth-order valence-corrected chi connectivity index (χ4v) is 4.43. The maximum absolute atomic E-state index is 12.7. The Kier molecular flexibility index (Phi) is 7.61. The molecule has 0 saturated carbocycles. The van der Waals surface area contributed by atoms with Gasteiger partial charge in [0.1, 0.15) is 26.0 Å². The van der Waals surface area contributed by atoms with Gasteiger partial charge < -0.3 is 14.2 Å². The number of hydrogen-bond acceptors (Lipinski definition) is 9. The van der Waals surface area contributed by atoms with E-state index in [4.69, 9.17) is 0 Å². The zero-order chi connectivity index (χ0) is 21.1. The molecule has 1 N–H and O–H groups in total. The predicted molar refractivity (Wildman–Crippen MR) is 97.9 cm³/mol. The quantitative estimate of drug-likeness (QED) is 0.290. The number of hydrogen-bond donors (Lipinski definition) is 1. The molecule has 0 aliphatic heterocycles. The summed E-state index contributed by atoms with van der Waals surface area (Å²) in [5, 5.41) is 10.3. The number of ketones is 1. The molecule has 1 aliphatic carbocycles. The minimum absolute atomic E-state index is 0. The zero-order valence-electron chi connectivity index (χ0n) is 16.2. The molecule has 1 heterocycles. The molecule has 0 amide bonds. The fraction of sp³-hybridized carbons (Fsp3) is 0. The van der Waals surface area contributed by atoms with E-state index in [2.05, 4.69) is 4.98 Å². The molecule has 0 spiro atoms. The maximum atomic E-state index is 12.7. The average molecular weight is 477 g/mol. The number of aliphatic hydroxyl groups is 1. The fourth-order valence-electron chi connectivity index (χ4n) is 3.15. The van der Waals surface area contributed by atoms with Crippen LogP contribution in [0.3, 0.4) is 0 Å².